The topological polar surface area (TPSA) is 59.7 Å². The number of fused-ring (bicyclic) bond motifs is 1. The molecule has 1 aromatic carbocycles. The Hall–Kier alpha value is -1.97. The molecule has 1 aromatic heterocycles. The lowest BCUT2D eigenvalue weighted by Crippen LogP contribution is -2.11. The number of carboxylic acids is 1. The van der Waals surface area contributed by atoms with Crippen LogP contribution in [0.25, 0.3) is 11.0 Å². The van der Waals surface area contributed by atoms with Crippen LogP contribution in [0.1, 0.15) is 42.5 Å². The van der Waals surface area contributed by atoms with Crippen molar-refractivity contribution < 1.29 is 19.1 Å². The maximum absolute atomic E-state index is 11.2. The summed E-state index contributed by atoms with van der Waals surface area (Å²) in [6.07, 6.45) is 0. The van der Waals surface area contributed by atoms with Crippen molar-refractivity contribution in [2.45, 2.75) is 33.1 Å². The van der Waals surface area contributed by atoms with E-state index in [4.69, 9.17) is 14.3 Å². The van der Waals surface area contributed by atoms with Gasteiger partial charge in [0.15, 0.2) is 0 Å². The van der Waals surface area contributed by atoms with Crippen LogP contribution in [0.5, 0.6) is 5.75 Å². The zero-order chi connectivity index (χ0) is 14.4. The Kier molecular flexibility index (Phi) is 3.04. The van der Waals surface area contributed by atoms with Crippen molar-refractivity contribution in [3.63, 3.8) is 0 Å². The smallest absolute Gasteiger partial charge is 0.372 e. The van der Waals surface area contributed by atoms with Gasteiger partial charge in [-0.2, -0.15) is 0 Å². The summed E-state index contributed by atoms with van der Waals surface area (Å²) in [5.74, 6) is -0.348. The van der Waals surface area contributed by atoms with Crippen LogP contribution in [0, 0.1) is 6.92 Å². The first-order chi connectivity index (χ1) is 8.75. The average molecular weight is 262 g/mol. The SMILES string of the molecule is COc1cc(C(C)(C)C)c2oc(C(=O)O)c(C)c2c1. The van der Waals surface area contributed by atoms with E-state index in [1.165, 1.54) is 0 Å². The van der Waals surface area contributed by atoms with Crippen molar-refractivity contribution >= 4 is 16.9 Å². The van der Waals surface area contributed by atoms with Crippen molar-refractivity contribution in [1.29, 1.82) is 0 Å². The summed E-state index contributed by atoms with van der Waals surface area (Å²) >= 11 is 0. The second-order valence-electron chi connectivity index (χ2n) is 5.66. The number of benzene rings is 1. The van der Waals surface area contributed by atoms with Crippen LogP contribution in [0.15, 0.2) is 16.5 Å². The molecule has 2 rings (SSSR count). The number of rotatable bonds is 2. The van der Waals surface area contributed by atoms with E-state index in [1.807, 2.05) is 12.1 Å². The number of methoxy groups -OCH3 is 1. The van der Waals surface area contributed by atoms with Gasteiger partial charge in [0.25, 0.3) is 0 Å². The van der Waals surface area contributed by atoms with Gasteiger partial charge in [-0.1, -0.05) is 20.8 Å². The third kappa shape index (κ3) is 2.18. The first kappa shape index (κ1) is 13.5. The van der Waals surface area contributed by atoms with Gasteiger partial charge in [-0.15, -0.1) is 0 Å². The third-order valence-electron chi connectivity index (χ3n) is 3.25. The molecule has 0 unspecified atom stereocenters. The Balaban J connectivity index is 2.88. The minimum atomic E-state index is -1.05. The van der Waals surface area contributed by atoms with Gasteiger partial charge in [0.2, 0.25) is 5.76 Å². The zero-order valence-corrected chi connectivity index (χ0v) is 11.8. The first-order valence-electron chi connectivity index (χ1n) is 6.10. The van der Waals surface area contributed by atoms with Crippen molar-refractivity contribution in [2.75, 3.05) is 7.11 Å². The lowest BCUT2D eigenvalue weighted by Gasteiger charge is -2.20. The summed E-state index contributed by atoms with van der Waals surface area (Å²) in [6, 6.07) is 3.72. The van der Waals surface area contributed by atoms with Crippen LogP contribution in [-0.4, -0.2) is 18.2 Å². The number of aryl methyl sites for hydroxylation is 1. The number of carboxylic acid groups (broad SMARTS) is 1. The van der Waals surface area contributed by atoms with E-state index in [9.17, 15) is 4.79 Å². The summed E-state index contributed by atoms with van der Waals surface area (Å²) in [5, 5.41) is 9.96. The average Bonchev–Trinajstić information content (AvgIpc) is 2.64. The van der Waals surface area contributed by atoms with Crippen LogP contribution < -0.4 is 4.74 Å². The molecule has 1 N–H and O–H groups in total. The number of carbonyl (C=O) groups is 1. The highest BCUT2D eigenvalue weighted by molar-refractivity contribution is 5.96. The molecule has 0 aliphatic carbocycles. The number of aromatic carboxylic acids is 1. The fraction of sp³-hybridized carbons (Fsp3) is 0.400. The van der Waals surface area contributed by atoms with Crippen LogP contribution in [0.2, 0.25) is 0 Å². The Bertz CT molecular complexity index is 644. The Morgan fingerprint density at radius 2 is 1.95 bits per heavy atom. The zero-order valence-electron chi connectivity index (χ0n) is 11.8. The highest BCUT2D eigenvalue weighted by atomic mass is 16.5. The molecule has 0 spiro atoms. The summed E-state index contributed by atoms with van der Waals surface area (Å²) in [4.78, 5) is 11.2. The molecule has 0 aliphatic rings. The highest BCUT2D eigenvalue weighted by Crippen LogP contribution is 2.37. The molecule has 4 heteroatoms. The molecule has 0 bridgehead atoms. The van der Waals surface area contributed by atoms with Gasteiger partial charge >= 0.3 is 5.97 Å². The summed E-state index contributed by atoms with van der Waals surface area (Å²) in [7, 11) is 1.60. The molecule has 0 radical (unpaired) electrons. The number of furan rings is 1. The lowest BCUT2D eigenvalue weighted by atomic mass is 9.85. The molecule has 2 aromatic rings. The molecule has 0 amide bonds. The van der Waals surface area contributed by atoms with E-state index in [-0.39, 0.29) is 11.2 Å². The summed E-state index contributed by atoms with van der Waals surface area (Å²) in [6.45, 7) is 7.92. The second-order valence-corrected chi connectivity index (χ2v) is 5.66. The predicted molar refractivity (Wildman–Crippen MR) is 73.2 cm³/mol. The normalized spacial score (nSPS) is 11.8. The third-order valence-corrected chi connectivity index (χ3v) is 3.25. The van der Waals surface area contributed by atoms with Gasteiger partial charge in [-0.25, -0.2) is 4.79 Å². The van der Waals surface area contributed by atoms with Crippen LogP contribution in [-0.2, 0) is 5.41 Å². The molecule has 0 aliphatic heterocycles. The standard InChI is InChI=1S/C15H18O4/c1-8-10-6-9(18-5)7-11(15(2,3)4)13(10)19-12(8)14(16)17/h6-7H,1-5H3,(H,16,17). The van der Waals surface area contributed by atoms with Crippen molar-refractivity contribution in [1.82, 2.24) is 0 Å². The molecule has 102 valence electrons. The van der Waals surface area contributed by atoms with E-state index >= 15 is 0 Å². The van der Waals surface area contributed by atoms with Crippen molar-refractivity contribution in [3.8, 4) is 5.75 Å². The fourth-order valence-electron chi connectivity index (χ4n) is 2.17. The minimum absolute atomic E-state index is 0.00578. The maximum atomic E-state index is 11.2. The minimum Gasteiger partial charge on any atom is -0.497 e. The van der Waals surface area contributed by atoms with E-state index in [0.717, 1.165) is 10.9 Å². The highest BCUT2D eigenvalue weighted by Gasteiger charge is 2.25. The first-order valence-corrected chi connectivity index (χ1v) is 6.10. The van der Waals surface area contributed by atoms with Gasteiger partial charge < -0.3 is 14.3 Å². The molecule has 0 fully saturated rings. The van der Waals surface area contributed by atoms with E-state index in [1.54, 1.807) is 14.0 Å². The fourth-order valence-corrected chi connectivity index (χ4v) is 2.17. The van der Waals surface area contributed by atoms with Gasteiger partial charge in [0, 0.05) is 16.5 Å². The molecular weight excluding hydrogens is 244 g/mol. The second kappa shape index (κ2) is 4.30. The van der Waals surface area contributed by atoms with Crippen molar-refractivity contribution in [3.05, 3.63) is 29.0 Å². The Labute approximate surface area is 112 Å². The Morgan fingerprint density at radius 1 is 1.32 bits per heavy atom. The number of hydrogen-bond acceptors (Lipinski definition) is 3. The largest absolute Gasteiger partial charge is 0.497 e. The molecule has 19 heavy (non-hydrogen) atoms. The molecule has 4 nitrogen and oxygen atoms in total. The van der Waals surface area contributed by atoms with Crippen molar-refractivity contribution in [2.24, 2.45) is 0 Å². The van der Waals surface area contributed by atoms with Gasteiger partial charge in [-0.3, -0.25) is 0 Å². The van der Waals surface area contributed by atoms with Gasteiger partial charge in [0.05, 0.1) is 7.11 Å². The lowest BCUT2D eigenvalue weighted by molar-refractivity contribution is 0.0663. The van der Waals surface area contributed by atoms with Crippen LogP contribution in [0.4, 0.5) is 0 Å². The van der Waals surface area contributed by atoms with Gasteiger partial charge in [-0.05, 0) is 24.5 Å². The molecular formula is C15H18O4. The van der Waals surface area contributed by atoms with E-state index < -0.39 is 5.97 Å². The van der Waals surface area contributed by atoms with E-state index in [2.05, 4.69) is 20.8 Å². The maximum Gasteiger partial charge on any atom is 0.372 e. The molecule has 0 saturated carbocycles. The van der Waals surface area contributed by atoms with Crippen LogP contribution >= 0.6 is 0 Å². The monoisotopic (exact) mass is 262 g/mol. The van der Waals surface area contributed by atoms with E-state index in [0.29, 0.717) is 16.9 Å². The number of hydrogen-bond donors (Lipinski definition) is 1. The summed E-state index contributed by atoms with van der Waals surface area (Å²) in [5.41, 5.74) is 2.04. The van der Waals surface area contributed by atoms with Crippen LogP contribution in [0.3, 0.4) is 0 Å². The predicted octanol–water partition coefficient (Wildman–Crippen LogP) is 3.75. The number of ether oxygens (including phenoxy) is 1. The summed E-state index contributed by atoms with van der Waals surface area (Å²) < 4.78 is 10.9. The molecule has 0 saturated heterocycles. The quantitative estimate of drug-likeness (QED) is 0.895. The van der Waals surface area contributed by atoms with Gasteiger partial charge in [0.1, 0.15) is 11.3 Å². The molecule has 1 heterocycles. The molecule has 0 atom stereocenters. The Morgan fingerprint density at radius 3 is 2.42 bits per heavy atom.